The zero-order chi connectivity index (χ0) is 28.3. The molecule has 1 aliphatic carbocycles. The summed E-state index contributed by atoms with van der Waals surface area (Å²) in [5, 5.41) is 15.3. The second kappa shape index (κ2) is 8.27. The van der Waals surface area contributed by atoms with Crippen LogP contribution in [0.15, 0.2) is 17.0 Å². The fourth-order valence-electron chi connectivity index (χ4n) is 3.41. The van der Waals surface area contributed by atoms with Crippen molar-refractivity contribution in [1.29, 1.82) is 5.26 Å². The number of primary amides is 1. The molecule has 1 saturated carbocycles. The summed E-state index contributed by atoms with van der Waals surface area (Å²) in [6.07, 6.45) is -4.57. The van der Waals surface area contributed by atoms with Gasteiger partial charge in [0.2, 0.25) is 11.8 Å². The van der Waals surface area contributed by atoms with Gasteiger partial charge in [0.15, 0.2) is 5.69 Å². The Labute approximate surface area is 212 Å². The van der Waals surface area contributed by atoms with Crippen LogP contribution in [0.5, 0.6) is 0 Å². The van der Waals surface area contributed by atoms with Crippen molar-refractivity contribution in [3.05, 3.63) is 33.4 Å². The Morgan fingerprint density at radius 1 is 1.16 bits per heavy atom. The standard InChI is InChI=1S/C18H14Cl2F8N6O2S/c19-9-3-8(37(24,25,26,27)28)4-10(20)14(9)34-15(31-6-12(35)32-7-18(21,22)23)13(11(5-29)33-34)17(1-2-17)16(30)36/h3-4,31H,1-2,6-7H2,(H2,30,36)(H,32,35). The van der Waals surface area contributed by atoms with Crippen LogP contribution in [0.3, 0.4) is 0 Å². The Bertz CT molecular complexity index is 1330. The van der Waals surface area contributed by atoms with Gasteiger partial charge in [-0.25, -0.2) is 4.68 Å². The highest BCUT2D eigenvalue weighted by Gasteiger charge is 2.65. The molecule has 37 heavy (non-hydrogen) atoms. The molecular weight excluding hydrogens is 587 g/mol. The Balaban J connectivity index is 2.18. The second-order valence-electron chi connectivity index (χ2n) is 7.99. The zero-order valence-electron chi connectivity index (χ0n) is 17.9. The van der Waals surface area contributed by atoms with Gasteiger partial charge in [0, 0.05) is 5.56 Å². The first kappa shape index (κ1) is 28.6. The van der Waals surface area contributed by atoms with Crippen LogP contribution in [0.1, 0.15) is 24.1 Å². The van der Waals surface area contributed by atoms with Crippen molar-refractivity contribution in [2.45, 2.75) is 29.3 Å². The van der Waals surface area contributed by atoms with E-state index in [2.05, 4.69) is 10.4 Å². The minimum Gasteiger partial charge on any atom is -0.369 e. The second-order valence-corrected chi connectivity index (χ2v) is 11.2. The van der Waals surface area contributed by atoms with Crippen LogP contribution in [-0.4, -0.2) is 40.9 Å². The number of nitrogens with one attached hydrogen (secondary N) is 2. The molecule has 3 rings (SSSR count). The number of nitrogens with two attached hydrogens (primary N) is 1. The molecule has 1 aromatic heterocycles. The summed E-state index contributed by atoms with van der Waals surface area (Å²) in [5.74, 6) is -2.60. The quantitative estimate of drug-likeness (QED) is 0.354. The molecule has 1 aromatic carbocycles. The average Bonchev–Trinajstić information content (AvgIpc) is 3.44. The summed E-state index contributed by atoms with van der Waals surface area (Å²) in [6, 6.07) is 1.38. The van der Waals surface area contributed by atoms with E-state index in [9.17, 15) is 47.5 Å². The van der Waals surface area contributed by atoms with Crippen molar-refractivity contribution < 1.29 is 42.2 Å². The van der Waals surface area contributed by atoms with E-state index in [0.29, 0.717) is 4.68 Å². The van der Waals surface area contributed by atoms with Crippen molar-refractivity contribution in [2.75, 3.05) is 18.4 Å². The largest absolute Gasteiger partial charge is 0.405 e. The van der Waals surface area contributed by atoms with E-state index in [1.165, 1.54) is 0 Å². The van der Waals surface area contributed by atoms with E-state index < -0.39 is 78.9 Å². The number of halogens is 10. The van der Waals surface area contributed by atoms with Gasteiger partial charge in [0.25, 0.3) is 0 Å². The minimum atomic E-state index is -10.2. The van der Waals surface area contributed by atoms with E-state index in [1.807, 2.05) is 0 Å². The molecule has 0 atom stereocenters. The third kappa shape index (κ3) is 5.96. The van der Waals surface area contributed by atoms with E-state index in [4.69, 9.17) is 28.9 Å². The highest BCUT2D eigenvalue weighted by molar-refractivity contribution is 8.45. The van der Waals surface area contributed by atoms with Crippen molar-refractivity contribution in [1.82, 2.24) is 15.1 Å². The molecule has 204 valence electrons. The van der Waals surface area contributed by atoms with Crippen LogP contribution in [0.2, 0.25) is 10.0 Å². The first-order valence-corrected chi connectivity index (χ1v) is 12.4. The average molecular weight is 601 g/mol. The van der Waals surface area contributed by atoms with Crippen LogP contribution < -0.4 is 16.4 Å². The molecule has 0 radical (unpaired) electrons. The molecule has 1 fully saturated rings. The first-order chi connectivity index (χ1) is 16.6. The third-order valence-corrected chi connectivity index (χ3v) is 6.94. The maximum Gasteiger partial charge on any atom is 0.405 e. The maximum atomic E-state index is 13.3. The molecule has 1 aliphatic rings. The van der Waals surface area contributed by atoms with E-state index >= 15 is 0 Å². The predicted molar refractivity (Wildman–Crippen MR) is 117 cm³/mol. The normalized spacial score (nSPS) is 16.8. The van der Waals surface area contributed by atoms with Crippen LogP contribution in [-0.2, 0) is 15.0 Å². The molecule has 8 nitrogen and oxygen atoms in total. The molecule has 0 spiro atoms. The number of alkyl halides is 3. The molecule has 2 amide bonds. The van der Waals surface area contributed by atoms with Crippen LogP contribution in [0.25, 0.3) is 5.69 Å². The summed E-state index contributed by atoms with van der Waals surface area (Å²) in [7, 11) is -10.2. The number of carbonyl (C=O) groups is 2. The highest BCUT2D eigenvalue weighted by atomic mass is 35.5. The fourth-order valence-corrected chi connectivity index (χ4v) is 4.87. The van der Waals surface area contributed by atoms with Gasteiger partial charge in [-0.15, -0.1) is 0 Å². The molecule has 0 bridgehead atoms. The lowest BCUT2D eigenvalue weighted by Gasteiger charge is -2.40. The lowest BCUT2D eigenvalue weighted by atomic mass is 9.94. The van der Waals surface area contributed by atoms with Gasteiger partial charge in [-0.3, -0.25) is 9.59 Å². The topological polar surface area (TPSA) is 126 Å². The Morgan fingerprint density at radius 3 is 2.11 bits per heavy atom. The number of rotatable bonds is 8. The van der Waals surface area contributed by atoms with E-state index in [1.54, 1.807) is 11.4 Å². The van der Waals surface area contributed by atoms with Gasteiger partial charge in [-0.1, -0.05) is 42.6 Å². The van der Waals surface area contributed by atoms with Gasteiger partial charge in [0.1, 0.15) is 29.0 Å². The Hall–Kier alpha value is -2.97. The number of carbonyl (C=O) groups excluding carboxylic acids is 2. The number of anilines is 1. The smallest absolute Gasteiger partial charge is 0.369 e. The van der Waals surface area contributed by atoms with Crippen LogP contribution >= 0.6 is 33.4 Å². The monoisotopic (exact) mass is 600 g/mol. The van der Waals surface area contributed by atoms with E-state index in [0.717, 1.165) is 0 Å². The van der Waals surface area contributed by atoms with Crippen molar-refractivity contribution >= 4 is 51.1 Å². The number of aromatic nitrogens is 2. The van der Waals surface area contributed by atoms with Gasteiger partial charge in [0.05, 0.1) is 22.0 Å². The molecule has 1 heterocycles. The summed E-state index contributed by atoms with van der Waals surface area (Å²) >= 11 is 11.7. The zero-order valence-corrected chi connectivity index (χ0v) is 20.2. The van der Waals surface area contributed by atoms with Crippen LogP contribution in [0, 0.1) is 11.3 Å². The van der Waals surface area contributed by atoms with Crippen LogP contribution in [0.4, 0.5) is 38.4 Å². The first-order valence-electron chi connectivity index (χ1n) is 9.74. The Kier molecular flexibility index (Phi) is 6.39. The lowest BCUT2D eigenvalue weighted by molar-refractivity contribution is -0.137. The van der Waals surface area contributed by atoms with Gasteiger partial charge in [-0.05, 0) is 25.0 Å². The number of hydrogen-bond acceptors (Lipinski definition) is 5. The number of benzene rings is 1. The molecule has 4 N–H and O–H groups in total. The summed E-state index contributed by atoms with van der Waals surface area (Å²) in [4.78, 5) is 21.7. The number of nitriles is 1. The SMILES string of the molecule is N#Cc1nn(-c2c(Cl)cc(S(F)(F)(F)(F)F)cc2Cl)c(NCC(=O)NCC(F)(F)F)c1C1(C(N)=O)CC1. The van der Waals surface area contributed by atoms with Crippen molar-refractivity contribution in [3.63, 3.8) is 0 Å². The minimum absolute atomic E-state index is 0.0856. The van der Waals surface area contributed by atoms with Crippen molar-refractivity contribution in [2.24, 2.45) is 5.73 Å². The molecule has 0 saturated heterocycles. The summed E-state index contributed by atoms with van der Waals surface area (Å²) in [5.41, 5.74) is 2.52. The lowest BCUT2D eigenvalue weighted by Crippen LogP contribution is -2.37. The molecule has 0 unspecified atom stereocenters. The van der Waals surface area contributed by atoms with E-state index in [-0.39, 0.29) is 30.5 Å². The van der Waals surface area contributed by atoms with Gasteiger partial charge >= 0.3 is 16.4 Å². The molecule has 19 heteroatoms. The molecular formula is C18H14Cl2F8N6O2S. The number of amides is 2. The number of hydrogen-bond donors (Lipinski definition) is 3. The summed E-state index contributed by atoms with van der Waals surface area (Å²) < 4.78 is 104. The van der Waals surface area contributed by atoms with Crippen molar-refractivity contribution in [3.8, 4) is 11.8 Å². The molecule has 0 aliphatic heterocycles. The molecule has 2 aromatic rings. The predicted octanol–water partition coefficient (Wildman–Crippen LogP) is 5.32. The number of nitrogens with zero attached hydrogens (tertiary/aromatic N) is 3. The maximum absolute atomic E-state index is 13.3. The van der Waals surface area contributed by atoms with Gasteiger partial charge < -0.3 is 16.4 Å². The fraction of sp³-hybridized carbons (Fsp3) is 0.333. The Morgan fingerprint density at radius 2 is 1.70 bits per heavy atom. The highest BCUT2D eigenvalue weighted by Crippen LogP contribution is 3.02. The third-order valence-electron chi connectivity index (χ3n) is 5.24. The van der Waals surface area contributed by atoms with Gasteiger partial charge in [-0.2, -0.15) is 23.5 Å². The summed E-state index contributed by atoms with van der Waals surface area (Å²) in [6.45, 7) is -2.60.